The van der Waals surface area contributed by atoms with Crippen LogP contribution in [-0.2, 0) is 0 Å². The van der Waals surface area contributed by atoms with Gasteiger partial charge in [0.05, 0.1) is 5.56 Å². The van der Waals surface area contributed by atoms with E-state index in [1.807, 2.05) is 20.8 Å². The van der Waals surface area contributed by atoms with E-state index in [1.54, 1.807) is 12.1 Å². The summed E-state index contributed by atoms with van der Waals surface area (Å²) in [7, 11) is 0. The number of hydrogen-bond donors (Lipinski definition) is 1. The second-order valence-electron chi connectivity index (χ2n) is 4.10. The van der Waals surface area contributed by atoms with Crippen molar-refractivity contribution in [3.8, 4) is 0 Å². The molecule has 1 atom stereocenters. The molecule has 88 valence electrons. The van der Waals surface area contributed by atoms with Crippen LogP contribution in [0, 0.1) is 11.7 Å². The highest BCUT2D eigenvalue weighted by atomic mass is 79.9. The van der Waals surface area contributed by atoms with Gasteiger partial charge in [-0.2, -0.15) is 0 Å². The molecule has 0 bridgehead atoms. The fraction of sp³-hybridized carbons (Fsp3) is 0.417. The van der Waals surface area contributed by atoms with Crippen LogP contribution in [0.15, 0.2) is 22.7 Å². The Hall–Kier alpha value is -0.900. The molecule has 0 aromatic heterocycles. The summed E-state index contributed by atoms with van der Waals surface area (Å²) in [6, 6.07) is 4.50. The van der Waals surface area contributed by atoms with Gasteiger partial charge in [-0.05, 0) is 40.9 Å². The molecular weight excluding hydrogens is 273 g/mol. The summed E-state index contributed by atoms with van der Waals surface area (Å²) in [6.07, 6.45) is 0. The second kappa shape index (κ2) is 5.43. The molecule has 1 amide bonds. The van der Waals surface area contributed by atoms with Crippen LogP contribution < -0.4 is 5.32 Å². The number of benzene rings is 1. The molecule has 1 aromatic rings. The lowest BCUT2D eigenvalue weighted by Crippen LogP contribution is -2.36. The highest BCUT2D eigenvalue weighted by Gasteiger charge is 2.18. The van der Waals surface area contributed by atoms with E-state index in [4.69, 9.17) is 0 Å². The minimum absolute atomic E-state index is 0.0130. The van der Waals surface area contributed by atoms with E-state index >= 15 is 0 Å². The topological polar surface area (TPSA) is 29.1 Å². The molecule has 0 saturated carbocycles. The third-order valence-electron chi connectivity index (χ3n) is 2.55. The molecule has 0 saturated heterocycles. The lowest BCUT2D eigenvalue weighted by molar-refractivity contribution is 0.0925. The molecule has 2 nitrogen and oxygen atoms in total. The van der Waals surface area contributed by atoms with E-state index < -0.39 is 5.82 Å². The van der Waals surface area contributed by atoms with Gasteiger partial charge in [-0.15, -0.1) is 0 Å². The Labute approximate surface area is 103 Å². The Bertz CT molecular complexity index is 372. The molecule has 4 heteroatoms. The molecule has 0 spiro atoms. The van der Waals surface area contributed by atoms with Crippen molar-refractivity contribution >= 4 is 21.8 Å². The molecule has 0 radical (unpaired) electrons. The first kappa shape index (κ1) is 13.2. The van der Waals surface area contributed by atoms with Crippen LogP contribution in [-0.4, -0.2) is 11.9 Å². The van der Waals surface area contributed by atoms with Crippen LogP contribution in [0.3, 0.4) is 0 Å². The number of nitrogens with one attached hydrogen (secondary N) is 1. The van der Waals surface area contributed by atoms with Gasteiger partial charge >= 0.3 is 0 Å². The summed E-state index contributed by atoms with van der Waals surface area (Å²) in [5.41, 5.74) is 0.0648. The van der Waals surface area contributed by atoms with Crippen LogP contribution in [0.4, 0.5) is 4.39 Å². The molecule has 0 aliphatic carbocycles. The predicted octanol–water partition coefficient (Wildman–Crippen LogP) is 3.36. The lowest BCUT2D eigenvalue weighted by atomic mass is 10.1. The monoisotopic (exact) mass is 287 g/mol. The molecular formula is C12H15BrFNO. The maximum Gasteiger partial charge on any atom is 0.255 e. The standard InChI is InChI=1S/C12H15BrFNO/c1-7(2)8(3)15-12(16)11-9(13)5-4-6-10(11)14/h4-8H,1-3H3,(H,15,16). The van der Waals surface area contributed by atoms with Gasteiger partial charge in [0.1, 0.15) is 5.82 Å². The van der Waals surface area contributed by atoms with E-state index in [0.717, 1.165) is 0 Å². The SMILES string of the molecule is CC(C)C(C)NC(=O)c1c(F)cccc1Br. The zero-order valence-corrected chi connectivity index (χ0v) is 11.1. The predicted molar refractivity (Wildman–Crippen MR) is 65.9 cm³/mol. The van der Waals surface area contributed by atoms with Gasteiger partial charge in [0.15, 0.2) is 0 Å². The van der Waals surface area contributed by atoms with E-state index in [0.29, 0.717) is 10.4 Å². The van der Waals surface area contributed by atoms with Crippen LogP contribution >= 0.6 is 15.9 Å². The largest absolute Gasteiger partial charge is 0.349 e. The van der Waals surface area contributed by atoms with Crippen LogP contribution in [0.5, 0.6) is 0 Å². The third kappa shape index (κ3) is 3.04. The number of amides is 1. The smallest absolute Gasteiger partial charge is 0.255 e. The van der Waals surface area contributed by atoms with Crippen LogP contribution in [0.1, 0.15) is 31.1 Å². The molecule has 1 rings (SSSR count). The van der Waals surface area contributed by atoms with Gasteiger partial charge in [0.25, 0.3) is 5.91 Å². The van der Waals surface area contributed by atoms with Crippen molar-refractivity contribution in [1.82, 2.24) is 5.32 Å². The Kier molecular flexibility index (Phi) is 4.47. The van der Waals surface area contributed by atoms with E-state index in [1.165, 1.54) is 6.07 Å². The fourth-order valence-electron chi connectivity index (χ4n) is 1.16. The molecule has 1 aromatic carbocycles. The Morgan fingerprint density at radius 3 is 2.50 bits per heavy atom. The lowest BCUT2D eigenvalue weighted by Gasteiger charge is -2.18. The molecule has 16 heavy (non-hydrogen) atoms. The summed E-state index contributed by atoms with van der Waals surface area (Å²) in [5, 5.41) is 2.77. The first-order chi connectivity index (χ1) is 7.43. The summed E-state index contributed by atoms with van der Waals surface area (Å²) in [4.78, 5) is 11.8. The van der Waals surface area contributed by atoms with Gasteiger partial charge in [-0.25, -0.2) is 4.39 Å². The summed E-state index contributed by atoms with van der Waals surface area (Å²) in [5.74, 6) is -0.580. The summed E-state index contributed by atoms with van der Waals surface area (Å²) < 4.78 is 13.9. The number of rotatable bonds is 3. The highest BCUT2D eigenvalue weighted by molar-refractivity contribution is 9.10. The summed E-state index contributed by atoms with van der Waals surface area (Å²) >= 11 is 3.17. The minimum Gasteiger partial charge on any atom is -0.349 e. The second-order valence-corrected chi connectivity index (χ2v) is 4.96. The first-order valence-electron chi connectivity index (χ1n) is 5.18. The average Bonchev–Trinajstić information content (AvgIpc) is 2.16. The Morgan fingerprint density at radius 2 is 2.00 bits per heavy atom. The van der Waals surface area contributed by atoms with Crippen molar-refractivity contribution in [2.24, 2.45) is 5.92 Å². The molecule has 0 fully saturated rings. The van der Waals surface area contributed by atoms with Crippen molar-refractivity contribution in [2.75, 3.05) is 0 Å². The maximum absolute atomic E-state index is 13.5. The normalized spacial score (nSPS) is 12.6. The van der Waals surface area contributed by atoms with Crippen molar-refractivity contribution < 1.29 is 9.18 Å². The quantitative estimate of drug-likeness (QED) is 0.907. The van der Waals surface area contributed by atoms with E-state index in [2.05, 4.69) is 21.2 Å². The fourth-order valence-corrected chi connectivity index (χ4v) is 1.68. The molecule has 1 N–H and O–H groups in total. The van der Waals surface area contributed by atoms with Crippen LogP contribution in [0.25, 0.3) is 0 Å². The van der Waals surface area contributed by atoms with E-state index in [-0.39, 0.29) is 17.5 Å². The Balaban J connectivity index is 2.89. The van der Waals surface area contributed by atoms with Gasteiger partial charge in [-0.1, -0.05) is 19.9 Å². The number of carbonyl (C=O) groups excluding carboxylic acids is 1. The first-order valence-corrected chi connectivity index (χ1v) is 5.97. The minimum atomic E-state index is -0.511. The van der Waals surface area contributed by atoms with Gasteiger partial charge in [0, 0.05) is 10.5 Å². The molecule has 1 unspecified atom stereocenters. The van der Waals surface area contributed by atoms with Crippen LogP contribution in [0.2, 0.25) is 0 Å². The van der Waals surface area contributed by atoms with Crippen molar-refractivity contribution in [1.29, 1.82) is 0 Å². The highest BCUT2D eigenvalue weighted by Crippen LogP contribution is 2.19. The van der Waals surface area contributed by atoms with Crippen molar-refractivity contribution in [3.63, 3.8) is 0 Å². The number of hydrogen-bond acceptors (Lipinski definition) is 1. The zero-order valence-electron chi connectivity index (χ0n) is 9.55. The average molecular weight is 288 g/mol. The van der Waals surface area contributed by atoms with E-state index in [9.17, 15) is 9.18 Å². The number of carbonyl (C=O) groups is 1. The molecule has 0 aliphatic heterocycles. The van der Waals surface area contributed by atoms with Gasteiger partial charge in [0.2, 0.25) is 0 Å². The summed E-state index contributed by atoms with van der Waals surface area (Å²) in [6.45, 7) is 5.90. The number of halogens is 2. The third-order valence-corrected chi connectivity index (χ3v) is 3.21. The molecule has 0 heterocycles. The van der Waals surface area contributed by atoms with Crippen molar-refractivity contribution in [3.05, 3.63) is 34.1 Å². The maximum atomic E-state index is 13.5. The Morgan fingerprint density at radius 1 is 1.38 bits per heavy atom. The zero-order chi connectivity index (χ0) is 12.3. The van der Waals surface area contributed by atoms with Gasteiger partial charge < -0.3 is 5.32 Å². The molecule has 0 aliphatic rings. The van der Waals surface area contributed by atoms with Gasteiger partial charge in [-0.3, -0.25) is 4.79 Å². The van der Waals surface area contributed by atoms with Crippen molar-refractivity contribution in [2.45, 2.75) is 26.8 Å².